The molecule has 1 aromatic rings. The first-order valence-electron chi connectivity index (χ1n) is 5.67. The SMILES string of the molecule is N#CC1CCCC1NC(=O)c1ccccc1I. The maximum atomic E-state index is 12.1. The number of amides is 1. The number of halogens is 1. The van der Waals surface area contributed by atoms with Crippen LogP contribution in [0, 0.1) is 20.8 Å². The largest absolute Gasteiger partial charge is 0.348 e. The van der Waals surface area contributed by atoms with Crippen molar-refractivity contribution < 1.29 is 4.79 Å². The maximum Gasteiger partial charge on any atom is 0.252 e. The normalized spacial score (nSPS) is 23.1. The van der Waals surface area contributed by atoms with Gasteiger partial charge < -0.3 is 5.32 Å². The lowest BCUT2D eigenvalue weighted by molar-refractivity contribution is 0.0932. The molecule has 0 radical (unpaired) electrons. The first-order valence-corrected chi connectivity index (χ1v) is 6.75. The van der Waals surface area contributed by atoms with Crippen molar-refractivity contribution in [2.24, 2.45) is 5.92 Å². The summed E-state index contributed by atoms with van der Waals surface area (Å²) in [5, 5.41) is 11.9. The molecular formula is C13H13IN2O. The van der Waals surface area contributed by atoms with Crippen LogP contribution >= 0.6 is 22.6 Å². The van der Waals surface area contributed by atoms with Crippen LogP contribution in [0.5, 0.6) is 0 Å². The van der Waals surface area contributed by atoms with Gasteiger partial charge in [0.25, 0.3) is 5.91 Å². The Balaban J connectivity index is 2.08. The van der Waals surface area contributed by atoms with Gasteiger partial charge in [0.05, 0.1) is 17.6 Å². The lowest BCUT2D eigenvalue weighted by Crippen LogP contribution is -2.37. The Hall–Kier alpha value is -1.09. The first kappa shape index (κ1) is 12.4. The highest BCUT2D eigenvalue weighted by molar-refractivity contribution is 14.1. The minimum atomic E-state index is -0.0675. The number of benzene rings is 1. The summed E-state index contributed by atoms with van der Waals surface area (Å²) in [5.41, 5.74) is 0.691. The van der Waals surface area contributed by atoms with Crippen LogP contribution in [0.15, 0.2) is 24.3 Å². The van der Waals surface area contributed by atoms with Gasteiger partial charge >= 0.3 is 0 Å². The summed E-state index contributed by atoms with van der Waals surface area (Å²) >= 11 is 2.15. The minimum Gasteiger partial charge on any atom is -0.348 e. The molecule has 0 saturated heterocycles. The predicted molar refractivity (Wildman–Crippen MR) is 73.4 cm³/mol. The molecule has 2 unspecified atom stereocenters. The van der Waals surface area contributed by atoms with Gasteiger partial charge in [-0.2, -0.15) is 5.26 Å². The van der Waals surface area contributed by atoms with Crippen LogP contribution in [0.4, 0.5) is 0 Å². The summed E-state index contributed by atoms with van der Waals surface area (Å²) in [6.45, 7) is 0. The Kier molecular flexibility index (Phi) is 4.00. The van der Waals surface area contributed by atoms with Crippen LogP contribution in [-0.2, 0) is 0 Å². The van der Waals surface area contributed by atoms with Gasteiger partial charge in [0.2, 0.25) is 0 Å². The highest BCUT2D eigenvalue weighted by Crippen LogP contribution is 2.25. The van der Waals surface area contributed by atoms with E-state index in [1.807, 2.05) is 24.3 Å². The highest BCUT2D eigenvalue weighted by Gasteiger charge is 2.28. The van der Waals surface area contributed by atoms with Crippen molar-refractivity contribution >= 4 is 28.5 Å². The Morgan fingerprint density at radius 1 is 1.41 bits per heavy atom. The Morgan fingerprint density at radius 2 is 2.18 bits per heavy atom. The lowest BCUT2D eigenvalue weighted by atomic mass is 10.1. The smallest absolute Gasteiger partial charge is 0.252 e. The Bertz CT molecular complexity index is 467. The van der Waals surface area contributed by atoms with Crippen LogP contribution in [0.3, 0.4) is 0 Å². The van der Waals surface area contributed by atoms with Crippen LogP contribution in [-0.4, -0.2) is 11.9 Å². The van der Waals surface area contributed by atoms with E-state index in [2.05, 4.69) is 34.0 Å². The van der Waals surface area contributed by atoms with Gasteiger partial charge in [0, 0.05) is 9.61 Å². The van der Waals surface area contributed by atoms with Gasteiger partial charge in [-0.05, 0) is 54.0 Å². The zero-order valence-corrected chi connectivity index (χ0v) is 11.5. The lowest BCUT2D eigenvalue weighted by Gasteiger charge is -2.16. The fourth-order valence-electron chi connectivity index (χ4n) is 2.18. The number of nitriles is 1. The van der Waals surface area contributed by atoms with E-state index in [1.54, 1.807) is 0 Å². The van der Waals surface area contributed by atoms with Gasteiger partial charge in [-0.3, -0.25) is 4.79 Å². The molecule has 2 rings (SSSR count). The van der Waals surface area contributed by atoms with Crippen LogP contribution in [0.25, 0.3) is 0 Å². The molecule has 0 heterocycles. The first-order chi connectivity index (χ1) is 8.22. The second-order valence-electron chi connectivity index (χ2n) is 4.23. The summed E-state index contributed by atoms with van der Waals surface area (Å²) in [6, 6.07) is 9.77. The summed E-state index contributed by atoms with van der Waals surface area (Å²) in [4.78, 5) is 12.1. The fraction of sp³-hybridized carbons (Fsp3) is 0.385. The van der Waals surface area contributed by atoms with Crippen molar-refractivity contribution in [2.75, 3.05) is 0 Å². The van der Waals surface area contributed by atoms with Crippen LogP contribution in [0.2, 0.25) is 0 Å². The third-order valence-electron chi connectivity index (χ3n) is 3.12. The molecule has 17 heavy (non-hydrogen) atoms. The highest BCUT2D eigenvalue weighted by atomic mass is 127. The molecular weight excluding hydrogens is 327 g/mol. The van der Waals surface area contributed by atoms with Gasteiger partial charge in [-0.1, -0.05) is 12.1 Å². The number of nitrogens with one attached hydrogen (secondary N) is 1. The van der Waals surface area contributed by atoms with Crippen molar-refractivity contribution in [1.29, 1.82) is 5.26 Å². The van der Waals surface area contributed by atoms with Gasteiger partial charge in [0.15, 0.2) is 0 Å². The molecule has 0 aliphatic heterocycles. The minimum absolute atomic E-state index is 0.0171. The quantitative estimate of drug-likeness (QED) is 0.842. The molecule has 1 amide bonds. The van der Waals surface area contributed by atoms with Gasteiger partial charge in [-0.15, -0.1) is 0 Å². The Morgan fingerprint density at radius 3 is 2.88 bits per heavy atom. The van der Waals surface area contributed by atoms with Crippen molar-refractivity contribution in [1.82, 2.24) is 5.32 Å². The third-order valence-corrected chi connectivity index (χ3v) is 4.06. The zero-order chi connectivity index (χ0) is 12.3. The Labute approximate surface area is 114 Å². The second kappa shape index (κ2) is 5.50. The summed E-state index contributed by atoms with van der Waals surface area (Å²) in [7, 11) is 0. The standard InChI is InChI=1S/C13H13IN2O/c14-11-6-2-1-5-10(11)13(17)16-12-7-3-4-9(12)8-15/h1-2,5-6,9,12H,3-4,7H2,(H,16,17). The van der Waals surface area contributed by atoms with Gasteiger partial charge in [-0.25, -0.2) is 0 Å². The van der Waals surface area contributed by atoms with E-state index in [4.69, 9.17) is 5.26 Å². The fourth-order valence-corrected chi connectivity index (χ4v) is 2.81. The van der Waals surface area contributed by atoms with E-state index in [-0.39, 0.29) is 17.9 Å². The number of carbonyl (C=O) groups excluding carboxylic acids is 1. The van der Waals surface area contributed by atoms with E-state index >= 15 is 0 Å². The third kappa shape index (κ3) is 2.78. The second-order valence-corrected chi connectivity index (χ2v) is 5.39. The number of hydrogen-bond donors (Lipinski definition) is 1. The summed E-state index contributed by atoms with van der Waals surface area (Å²) in [6.07, 6.45) is 2.83. The molecule has 0 aromatic heterocycles. The monoisotopic (exact) mass is 340 g/mol. The summed E-state index contributed by atoms with van der Waals surface area (Å²) in [5.74, 6) is -0.0949. The van der Waals surface area contributed by atoms with E-state index in [9.17, 15) is 4.79 Å². The van der Waals surface area contributed by atoms with E-state index < -0.39 is 0 Å². The predicted octanol–water partition coefficient (Wildman–Crippen LogP) is 2.71. The molecule has 1 aliphatic rings. The number of hydrogen-bond acceptors (Lipinski definition) is 2. The molecule has 1 fully saturated rings. The van der Waals surface area contributed by atoms with E-state index in [0.29, 0.717) is 5.56 Å². The van der Waals surface area contributed by atoms with Crippen molar-refractivity contribution in [3.05, 3.63) is 33.4 Å². The number of nitrogens with zero attached hydrogens (tertiary/aromatic N) is 1. The average molecular weight is 340 g/mol. The van der Waals surface area contributed by atoms with Crippen molar-refractivity contribution in [3.63, 3.8) is 0 Å². The molecule has 1 aromatic carbocycles. The van der Waals surface area contributed by atoms with E-state index in [1.165, 1.54) is 0 Å². The van der Waals surface area contributed by atoms with Crippen LogP contribution < -0.4 is 5.32 Å². The zero-order valence-electron chi connectivity index (χ0n) is 9.32. The molecule has 0 bridgehead atoms. The molecule has 1 N–H and O–H groups in total. The molecule has 3 nitrogen and oxygen atoms in total. The number of rotatable bonds is 2. The number of carbonyl (C=O) groups is 1. The summed E-state index contributed by atoms with van der Waals surface area (Å²) < 4.78 is 0.939. The maximum absolute atomic E-state index is 12.1. The molecule has 0 spiro atoms. The van der Waals surface area contributed by atoms with Crippen molar-refractivity contribution in [3.8, 4) is 6.07 Å². The average Bonchev–Trinajstić information content (AvgIpc) is 2.76. The van der Waals surface area contributed by atoms with Gasteiger partial charge in [0.1, 0.15) is 0 Å². The molecule has 1 saturated carbocycles. The van der Waals surface area contributed by atoms with E-state index in [0.717, 1.165) is 22.8 Å². The molecule has 4 heteroatoms. The molecule has 2 atom stereocenters. The molecule has 1 aliphatic carbocycles. The topological polar surface area (TPSA) is 52.9 Å². The molecule has 88 valence electrons. The van der Waals surface area contributed by atoms with Crippen LogP contribution in [0.1, 0.15) is 29.6 Å². The van der Waals surface area contributed by atoms with Crippen molar-refractivity contribution in [2.45, 2.75) is 25.3 Å².